The van der Waals surface area contributed by atoms with Crippen molar-refractivity contribution >= 4 is 39.7 Å². The maximum Gasteiger partial charge on any atom is 0.126 e. The number of benzene rings is 2. The molecule has 0 saturated heterocycles. The lowest BCUT2D eigenvalue weighted by molar-refractivity contribution is 0.618. The van der Waals surface area contributed by atoms with Gasteiger partial charge in [-0.1, -0.05) is 13.8 Å². The first-order chi connectivity index (χ1) is 11.5. The van der Waals surface area contributed by atoms with Gasteiger partial charge >= 0.3 is 0 Å². The summed E-state index contributed by atoms with van der Waals surface area (Å²) in [6.07, 6.45) is 1.96. The van der Waals surface area contributed by atoms with Crippen molar-refractivity contribution < 1.29 is 4.39 Å². The lowest BCUT2D eigenvalue weighted by atomic mass is 10.1. The Hall–Kier alpha value is -1.69. The summed E-state index contributed by atoms with van der Waals surface area (Å²) >= 11 is 2.44. The molecule has 1 aliphatic heterocycles. The second-order valence-corrected chi connectivity index (χ2v) is 7.73. The van der Waals surface area contributed by atoms with E-state index in [0.717, 1.165) is 12.2 Å². The molecule has 2 heterocycles. The molecule has 0 radical (unpaired) electrons. The van der Waals surface area contributed by atoms with Crippen molar-refractivity contribution in [2.24, 2.45) is 4.99 Å². The second kappa shape index (κ2) is 5.69. The fourth-order valence-corrected chi connectivity index (χ4v) is 4.29. The van der Waals surface area contributed by atoms with E-state index in [1.165, 1.54) is 31.3 Å². The zero-order valence-corrected chi connectivity index (χ0v) is 16.1. The molecular weight excluding hydrogens is 414 g/mol. The quantitative estimate of drug-likeness (QED) is 0.460. The van der Waals surface area contributed by atoms with E-state index in [9.17, 15) is 4.39 Å². The lowest BCUT2D eigenvalue weighted by Crippen LogP contribution is -2.03. The maximum atomic E-state index is 13.7. The SMILES string of the molecule is Cc1cc(-n2c(C(C)C)cc3c(I)c4c(cc32)C=NC4)ccc1F. The minimum Gasteiger partial charge on any atom is -0.313 e. The van der Waals surface area contributed by atoms with Crippen LogP contribution in [0.25, 0.3) is 16.6 Å². The molecule has 0 unspecified atom stereocenters. The van der Waals surface area contributed by atoms with Gasteiger partial charge in [0.2, 0.25) is 0 Å². The van der Waals surface area contributed by atoms with Gasteiger partial charge in [0, 0.05) is 32.1 Å². The number of hydrogen-bond donors (Lipinski definition) is 0. The van der Waals surface area contributed by atoms with E-state index in [2.05, 4.69) is 58.1 Å². The maximum absolute atomic E-state index is 13.7. The van der Waals surface area contributed by atoms with Crippen LogP contribution >= 0.6 is 22.6 Å². The predicted octanol–water partition coefficient (Wildman–Crippen LogP) is 5.74. The monoisotopic (exact) mass is 432 g/mol. The van der Waals surface area contributed by atoms with Gasteiger partial charge in [0.25, 0.3) is 0 Å². The topological polar surface area (TPSA) is 17.3 Å². The van der Waals surface area contributed by atoms with Crippen LogP contribution in [0.3, 0.4) is 0 Å². The summed E-state index contributed by atoms with van der Waals surface area (Å²) in [4.78, 5) is 4.41. The molecule has 0 bridgehead atoms. The van der Waals surface area contributed by atoms with Crippen molar-refractivity contribution in [3.05, 3.63) is 62.1 Å². The number of fused-ring (bicyclic) bond motifs is 2. The van der Waals surface area contributed by atoms with Crippen molar-refractivity contribution in [1.29, 1.82) is 0 Å². The molecular formula is C20H18FIN2. The summed E-state index contributed by atoms with van der Waals surface area (Å²) in [6.45, 7) is 6.97. The average Bonchev–Trinajstić information content (AvgIpc) is 3.15. The molecule has 0 fully saturated rings. The molecule has 0 N–H and O–H groups in total. The molecule has 0 saturated carbocycles. The summed E-state index contributed by atoms with van der Waals surface area (Å²) in [5, 5.41) is 1.26. The molecule has 122 valence electrons. The van der Waals surface area contributed by atoms with E-state index in [0.29, 0.717) is 11.5 Å². The van der Waals surface area contributed by atoms with Gasteiger partial charge in [-0.2, -0.15) is 0 Å². The summed E-state index contributed by atoms with van der Waals surface area (Å²) in [5.41, 5.74) is 6.60. The highest BCUT2D eigenvalue weighted by atomic mass is 127. The summed E-state index contributed by atoms with van der Waals surface area (Å²) in [7, 11) is 0. The third kappa shape index (κ3) is 2.31. The van der Waals surface area contributed by atoms with Gasteiger partial charge in [-0.05, 0) is 76.9 Å². The minimum absolute atomic E-state index is 0.163. The number of aryl methyl sites for hydroxylation is 1. The van der Waals surface area contributed by atoms with E-state index < -0.39 is 0 Å². The van der Waals surface area contributed by atoms with Crippen LogP contribution < -0.4 is 0 Å². The Morgan fingerprint density at radius 2 is 2.00 bits per heavy atom. The zero-order valence-electron chi connectivity index (χ0n) is 13.9. The third-order valence-electron chi connectivity index (χ3n) is 4.68. The van der Waals surface area contributed by atoms with Crippen LogP contribution in [-0.4, -0.2) is 10.8 Å². The minimum atomic E-state index is -0.163. The van der Waals surface area contributed by atoms with Crippen LogP contribution in [0, 0.1) is 16.3 Å². The lowest BCUT2D eigenvalue weighted by Gasteiger charge is -2.15. The Labute approximate surface area is 154 Å². The first kappa shape index (κ1) is 15.8. The Morgan fingerprint density at radius 3 is 2.71 bits per heavy atom. The van der Waals surface area contributed by atoms with Gasteiger partial charge in [-0.15, -0.1) is 0 Å². The average molecular weight is 432 g/mol. The van der Waals surface area contributed by atoms with Crippen molar-refractivity contribution in [2.45, 2.75) is 33.2 Å². The highest BCUT2D eigenvalue weighted by molar-refractivity contribution is 14.1. The molecule has 24 heavy (non-hydrogen) atoms. The van der Waals surface area contributed by atoms with Crippen LogP contribution in [-0.2, 0) is 6.54 Å². The molecule has 0 amide bonds. The number of rotatable bonds is 2. The first-order valence-corrected chi connectivity index (χ1v) is 9.18. The predicted molar refractivity (Wildman–Crippen MR) is 106 cm³/mol. The number of aromatic nitrogens is 1. The molecule has 0 atom stereocenters. The van der Waals surface area contributed by atoms with Crippen molar-refractivity contribution in [1.82, 2.24) is 4.57 Å². The number of hydrogen-bond acceptors (Lipinski definition) is 1. The first-order valence-electron chi connectivity index (χ1n) is 8.10. The standard InChI is InChI=1S/C20H18FIN2/c1-11(2)18-8-15-19(7-13-9-23-10-16(13)20(15)22)24(18)14-4-5-17(21)12(3)6-14/h4-9,11H,10H2,1-3H3. The van der Waals surface area contributed by atoms with Crippen LogP contribution in [0.2, 0.25) is 0 Å². The number of nitrogens with zero attached hydrogens (tertiary/aromatic N) is 2. The molecule has 1 aliphatic rings. The van der Waals surface area contributed by atoms with Crippen molar-refractivity contribution in [3.8, 4) is 5.69 Å². The van der Waals surface area contributed by atoms with E-state index in [1.54, 1.807) is 6.07 Å². The normalized spacial score (nSPS) is 13.2. The van der Waals surface area contributed by atoms with Gasteiger partial charge in [0.1, 0.15) is 5.82 Å². The van der Waals surface area contributed by atoms with Crippen molar-refractivity contribution in [2.75, 3.05) is 0 Å². The van der Waals surface area contributed by atoms with E-state index in [1.807, 2.05) is 25.3 Å². The fraction of sp³-hybridized carbons (Fsp3) is 0.250. The molecule has 0 aliphatic carbocycles. The van der Waals surface area contributed by atoms with E-state index in [4.69, 9.17) is 0 Å². The Kier molecular flexibility index (Phi) is 3.75. The summed E-state index contributed by atoms with van der Waals surface area (Å²) in [6, 6.07) is 9.84. The second-order valence-electron chi connectivity index (χ2n) is 6.65. The molecule has 2 aromatic carbocycles. The molecule has 4 rings (SSSR count). The Bertz CT molecular complexity index is 999. The molecule has 1 aromatic heterocycles. The van der Waals surface area contributed by atoms with E-state index in [-0.39, 0.29) is 5.82 Å². The van der Waals surface area contributed by atoms with Crippen LogP contribution in [0.15, 0.2) is 35.3 Å². The van der Waals surface area contributed by atoms with Gasteiger partial charge in [0.05, 0.1) is 12.1 Å². The highest BCUT2D eigenvalue weighted by Gasteiger charge is 2.20. The Morgan fingerprint density at radius 1 is 1.21 bits per heavy atom. The Balaban J connectivity index is 2.09. The largest absolute Gasteiger partial charge is 0.313 e. The third-order valence-corrected chi connectivity index (χ3v) is 5.91. The smallest absolute Gasteiger partial charge is 0.126 e. The van der Waals surface area contributed by atoms with Crippen molar-refractivity contribution in [3.63, 3.8) is 0 Å². The summed E-state index contributed by atoms with van der Waals surface area (Å²) < 4.78 is 17.3. The fourth-order valence-electron chi connectivity index (χ4n) is 3.38. The molecule has 2 nitrogen and oxygen atoms in total. The van der Waals surface area contributed by atoms with Crippen LogP contribution in [0.4, 0.5) is 4.39 Å². The number of aliphatic imine (C=N–C) groups is 1. The molecule has 0 spiro atoms. The highest BCUT2D eigenvalue weighted by Crippen LogP contribution is 2.36. The zero-order chi connectivity index (χ0) is 17.0. The molecule has 4 heteroatoms. The van der Waals surface area contributed by atoms with Gasteiger partial charge < -0.3 is 4.57 Å². The van der Waals surface area contributed by atoms with Gasteiger partial charge in [0.15, 0.2) is 0 Å². The van der Waals surface area contributed by atoms with Crippen LogP contribution in [0.5, 0.6) is 0 Å². The molecule has 3 aromatic rings. The van der Waals surface area contributed by atoms with E-state index >= 15 is 0 Å². The van der Waals surface area contributed by atoms with Gasteiger partial charge in [-0.25, -0.2) is 4.39 Å². The van der Waals surface area contributed by atoms with Gasteiger partial charge in [-0.3, -0.25) is 4.99 Å². The number of halogens is 2. The summed E-state index contributed by atoms with van der Waals surface area (Å²) in [5.74, 6) is 0.214. The van der Waals surface area contributed by atoms with Crippen LogP contribution in [0.1, 0.15) is 42.1 Å².